The average molecular weight is 276 g/mol. The molecule has 1 aromatic rings. The number of benzene rings is 1. The van der Waals surface area contributed by atoms with Gasteiger partial charge in [0.1, 0.15) is 11.5 Å². The van der Waals surface area contributed by atoms with Crippen LogP contribution in [0, 0.1) is 5.92 Å². The molecule has 0 aliphatic heterocycles. The molecular formula is C16H20O4. The van der Waals surface area contributed by atoms with Crippen LogP contribution in [0.1, 0.15) is 22.8 Å². The van der Waals surface area contributed by atoms with Crippen LogP contribution in [0.2, 0.25) is 0 Å². The SMILES string of the molecule is C=C/C(=C\C(C)Cc1ccc(OC)cc1C(=O)O)OC. The molecule has 1 unspecified atom stereocenters. The van der Waals surface area contributed by atoms with Crippen molar-refractivity contribution in [2.45, 2.75) is 13.3 Å². The van der Waals surface area contributed by atoms with Crippen LogP contribution in [-0.4, -0.2) is 25.3 Å². The maximum Gasteiger partial charge on any atom is 0.336 e. The fourth-order valence-electron chi connectivity index (χ4n) is 1.97. The molecule has 0 aliphatic rings. The van der Waals surface area contributed by atoms with Gasteiger partial charge in [0.05, 0.1) is 19.8 Å². The van der Waals surface area contributed by atoms with E-state index in [4.69, 9.17) is 9.47 Å². The number of allylic oxidation sites excluding steroid dienone is 2. The van der Waals surface area contributed by atoms with Crippen LogP contribution in [-0.2, 0) is 11.2 Å². The van der Waals surface area contributed by atoms with Gasteiger partial charge in [-0.1, -0.05) is 19.6 Å². The number of rotatable bonds is 7. The lowest BCUT2D eigenvalue weighted by atomic mass is 9.96. The van der Waals surface area contributed by atoms with Crippen molar-refractivity contribution in [3.05, 3.63) is 53.8 Å². The predicted molar refractivity (Wildman–Crippen MR) is 78.1 cm³/mol. The molecule has 0 fully saturated rings. The van der Waals surface area contributed by atoms with E-state index < -0.39 is 5.97 Å². The summed E-state index contributed by atoms with van der Waals surface area (Å²) in [6.07, 6.45) is 4.15. The Balaban J connectivity index is 3.00. The molecule has 20 heavy (non-hydrogen) atoms. The van der Waals surface area contributed by atoms with Crippen LogP contribution in [0.3, 0.4) is 0 Å². The first kappa shape index (κ1) is 15.8. The van der Waals surface area contributed by atoms with Crippen molar-refractivity contribution in [2.75, 3.05) is 14.2 Å². The minimum atomic E-state index is -0.953. The van der Waals surface area contributed by atoms with Gasteiger partial charge >= 0.3 is 5.97 Å². The molecule has 0 amide bonds. The highest BCUT2D eigenvalue weighted by Gasteiger charge is 2.13. The third-order valence-electron chi connectivity index (χ3n) is 2.98. The van der Waals surface area contributed by atoms with Gasteiger partial charge in [0.25, 0.3) is 0 Å². The van der Waals surface area contributed by atoms with E-state index in [0.29, 0.717) is 17.9 Å². The summed E-state index contributed by atoms with van der Waals surface area (Å²) in [5, 5.41) is 9.26. The summed E-state index contributed by atoms with van der Waals surface area (Å²) in [6.45, 7) is 5.65. The zero-order chi connectivity index (χ0) is 15.1. The van der Waals surface area contributed by atoms with Crippen LogP contribution >= 0.6 is 0 Å². The highest BCUT2D eigenvalue weighted by molar-refractivity contribution is 5.90. The second kappa shape index (κ2) is 7.38. The molecule has 4 heteroatoms. The number of hydrogen-bond acceptors (Lipinski definition) is 3. The van der Waals surface area contributed by atoms with E-state index in [1.807, 2.05) is 13.0 Å². The zero-order valence-electron chi connectivity index (χ0n) is 12.1. The van der Waals surface area contributed by atoms with Gasteiger partial charge in [-0.15, -0.1) is 0 Å². The lowest BCUT2D eigenvalue weighted by Crippen LogP contribution is -2.07. The molecule has 1 rings (SSSR count). The minimum absolute atomic E-state index is 0.134. The third-order valence-corrected chi connectivity index (χ3v) is 2.98. The number of aromatic carboxylic acids is 1. The Morgan fingerprint density at radius 1 is 1.45 bits per heavy atom. The van der Waals surface area contributed by atoms with Crippen molar-refractivity contribution in [3.63, 3.8) is 0 Å². The zero-order valence-corrected chi connectivity index (χ0v) is 12.1. The van der Waals surface area contributed by atoms with Crippen molar-refractivity contribution in [1.82, 2.24) is 0 Å². The van der Waals surface area contributed by atoms with E-state index in [9.17, 15) is 9.90 Å². The molecule has 0 spiro atoms. The Morgan fingerprint density at radius 2 is 2.15 bits per heavy atom. The summed E-state index contributed by atoms with van der Waals surface area (Å²) in [6, 6.07) is 5.09. The van der Waals surface area contributed by atoms with Gasteiger partial charge < -0.3 is 14.6 Å². The standard InChI is InChI=1S/C16H20O4/c1-5-13(19-3)9-11(2)8-12-6-7-14(20-4)10-15(12)16(17)18/h5-7,9-11H,1,8H2,2-4H3,(H,17,18)/b13-9+. The Labute approximate surface area is 119 Å². The molecule has 0 bridgehead atoms. The topological polar surface area (TPSA) is 55.8 Å². The molecule has 0 aromatic heterocycles. The summed E-state index contributed by atoms with van der Waals surface area (Å²) in [5.41, 5.74) is 1.03. The lowest BCUT2D eigenvalue weighted by molar-refractivity contribution is 0.0695. The van der Waals surface area contributed by atoms with Crippen LogP contribution < -0.4 is 4.74 Å². The largest absolute Gasteiger partial charge is 0.497 e. The molecule has 1 N–H and O–H groups in total. The molecule has 4 nitrogen and oxygen atoms in total. The van der Waals surface area contributed by atoms with E-state index >= 15 is 0 Å². The summed E-state index contributed by atoms with van der Waals surface area (Å²) < 4.78 is 10.2. The first-order chi connectivity index (χ1) is 9.51. The molecule has 0 aliphatic carbocycles. The summed E-state index contributed by atoms with van der Waals surface area (Å²) in [4.78, 5) is 11.3. The highest BCUT2D eigenvalue weighted by atomic mass is 16.5. The fourth-order valence-corrected chi connectivity index (χ4v) is 1.97. The Kier molecular flexibility index (Phi) is 5.84. The maximum absolute atomic E-state index is 11.3. The molecule has 0 radical (unpaired) electrons. The second-order valence-corrected chi connectivity index (χ2v) is 4.49. The van der Waals surface area contributed by atoms with Gasteiger partial charge in [0.15, 0.2) is 0 Å². The monoisotopic (exact) mass is 276 g/mol. The molecule has 0 saturated heterocycles. The van der Waals surface area contributed by atoms with Gasteiger partial charge in [-0.3, -0.25) is 0 Å². The molecule has 0 heterocycles. The quantitative estimate of drug-likeness (QED) is 0.613. The minimum Gasteiger partial charge on any atom is -0.497 e. The summed E-state index contributed by atoms with van der Waals surface area (Å²) in [7, 11) is 3.09. The van der Waals surface area contributed by atoms with Gasteiger partial charge in [-0.05, 0) is 42.2 Å². The number of hydrogen-bond donors (Lipinski definition) is 1. The van der Waals surface area contributed by atoms with Crippen molar-refractivity contribution < 1.29 is 19.4 Å². The van der Waals surface area contributed by atoms with Crippen molar-refractivity contribution >= 4 is 5.97 Å². The van der Waals surface area contributed by atoms with Crippen LogP contribution in [0.4, 0.5) is 0 Å². The summed E-state index contributed by atoms with van der Waals surface area (Å²) in [5.74, 6) is 0.404. The van der Waals surface area contributed by atoms with E-state index in [-0.39, 0.29) is 11.5 Å². The molecule has 0 saturated carbocycles. The van der Waals surface area contributed by atoms with Crippen LogP contribution in [0.25, 0.3) is 0 Å². The third kappa shape index (κ3) is 4.16. The average Bonchev–Trinajstić information content (AvgIpc) is 2.44. The van der Waals surface area contributed by atoms with Gasteiger partial charge in [-0.25, -0.2) is 4.79 Å². The first-order valence-corrected chi connectivity index (χ1v) is 6.30. The number of methoxy groups -OCH3 is 2. The van der Waals surface area contributed by atoms with Crippen molar-refractivity contribution in [1.29, 1.82) is 0 Å². The van der Waals surface area contributed by atoms with E-state index in [0.717, 1.165) is 5.56 Å². The Bertz CT molecular complexity index is 517. The van der Waals surface area contributed by atoms with Crippen LogP contribution in [0.5, 0.6) is 5.75 Å². The number of carbonyl (C=O) groups is 1. The first-order valence-electron chi connectivity index (χ1n) is 6.30. The summed E-state index contributed by atoms with van der Waals surface area (Å²) >= 11 is 0. The highest BCUT2D eigenvalue weighted by Crippen LogP contribution is 2.21. The maximum atomic E-state index is 11.3. The lowest BCUT2D eigenvalue weighted by Gasteiger charge is -2.12. The molecule has 108 valence electrons. The van der Waals surface area contributed by atoms with Gasteiger partial charge in [0, 0.05) is 0 Å². The fraction of sp³-hybridized carbons (Fsp3) is 0.312. The predicted octanol–water partition coefficient (Wildman–Crippen LogP) is 3.29. The van der Waals surface area contributed by atoms with E-state index in [2.05, 4.69) is 6.58 Å². The van der Waals surface area contributed by atoms with E-state index in [1.165, 1.54) is 7.11 Å². The number of carboxylic acids is 1. The molecule has 1 aromatic carbocycles. The molecule has 1 atom stereocenters. The normalized spacial score (nSPS) is 12.7. The van der Waals surface area contributed by atoms with Crippen LogP contribution in [0.15, 0.2) is 42.7 Å². The van der Waals surface area contributed by atoms with Crippen molar-refractivity contribution in [3.8, 4) is 5.75 Å². The smallest absolute Gasteiger partial charge is 0.336 e. The second-order valence-electron chi connectivity index (χ2n) is 4.49. The Hall–Kier alpha value is -2.23. The van der Waals surface area contributed by atoms with Gasteiger partial charge in [0.2, 0.25) is 0 Å². The molecular weight excluding hydrogens is 256 g/mol. The number of carboxylic acid groups (broad SMARTS) is 1. The van der Waals surface area contributed by atoms with Gasteiger partial charge in [-0.2, -0.15) is 0 Å². The van der Waals surface area contributed by atoms with E-state index in [1.54, 1.807) is 31.4 Å². The van der Waals surface area contributed by atoms with Crippen molar-refractivity contribution in [2.24, 2.45) is 5.92 Å². The Morgan fingerprint density at radius 3 is 2.65 bits per heavy atom. The number of ether oxygens (including phenoxy) is 2.